The maximum atomic E-state index is 13.6. The first-order valence-corrected chi connectivity index (χ1v) is 14.4. The molecule has 0 aliphatic heterocycles. The summed E-state index contributed by atoms with van der Waals surface area (Å²) in [5, 5.41) is 17.6. The lowest BCUT2D eigenvalue weighted by Gasteiger charge is -2.13. The zero-order valence-electron chi connectivity index (χ0n) is 24.5. The molecule has 0 unspecified atom stereocenters. The number of fused-ring (bicyclic) bond motifs is 1. The Morgan fingerprint density at radius 1 is 1.12 bits per heavy atom. The number of carboxylic acid groups (broad SMARTS) is 1. The molecule has 0 radical (unpaired) electrons. The molecule has 218 valence electrons. The zero-order chi connectivity index (χ0) is 30.1. The number of amides is 1. The maximum Gasteiger partial charge on any atom is 0.352 e. The number of aromatic nitrogens is 3. The Bertz CT molecular complexity index is 1710. The van der Waals surface area contributed by atoms with Crippen LogP contribution >= 0.6 is 11.6 Å². The number of nitrogens with one attached hydrogen (secondary N) is 2. The van der Waals surface area contributed by atoms with Crippen molar-refractivity contribution in [2.45, 2.75) is 53.5 Å². The number of carbonyl (C=O) groups is 2. The van der Waals surface area contributed by atoms with Gasteiger partial charge in [0, 0.05) is 48.1 Å². The van der Waals surface area contributed by atoms with E-state index in [1.165, 1.54) is 6.07 Å². The van der Waals surface area contributed by atoms with Crippen LogP contribution in [0.15, 0.2) is 48.2 Å². The quantitative estimate of drug-likeness (QED) is 0.184. The van der Waals surface area contributed by atoms with Gasteiger partial charge in [0.25, 0.3) is 0 Å². The molecule has 2 heterocycles. The minimum absolute atomic E-state index is 0.0883. The summed E-state index contributed by atoms with van der Waals surface area (Å²) in [6.07, 6.45) is 3.50. The van der Waals surface area contributed by atoms with E-state index in [9.17, 15) is 14.7 Å². The molecule has 1 aliphatic rings. The first-order valence-electron chi connectivity index (χ1n) is 14.0. The number of halogens is 1. The van der Waals surface area contributed by atoms with Gasteiger partial charge in [0.1, 0.15) is 11.4 Å². The highest BCUT2D eigenvalue weighted by atomic mass is 35.5. The zero-order valence-corrected chi connectivity index (χ0v) is 25.3. The molecule has 0 saturated carbocycles. The molecule has 1 aliphatic carbocycles. The van der Waals surface area contributed by atoms with E-state index in [0.29, 0.717) is 25.0 Å². The minimum Gasteiger partial charge on any atom is -0.494 e. The van der Waals surface area contributed by atoms with Gasteiger partial charge < -0.3 is 20.1 Å². The van der Waals surface area contributed by atoms with E-state index >= 15 is 0 Å². The fourth-order valence-corrected chi connectivity index (χ4v) is 5.90. The molecule has 0 fully saturated rings. The number of aromatic amines is 1. The van der Waals surface area contributed by atoms with E-state index in [1.54, 1.807) is 6.20 Å². The summed E-state index contributed by atoms with van der Waals surface area (Å²) >= 11 is 6.32. The van der Waals surface area contributed by atoms with Gasteiger partial charge in [-0.25, -0.2) is 4.79 Å². The van der Waals surface area contributed by atoms with E-state index in [4.69, 9.17) is 16.3 Å². The number of hydrogen-bond acceptors (Lipinski definition) is 4. The highest BCUT2D eigenvalue weighted by Crippen LogP contribution is 2.42. The predicted octanol–water partition coefficient (Wildman–Crippen LogP) is 6.49. The van der Waals surface area contributed by atoms with Crippen LogP contribution in [0.25, 0.3) is 16.7 Å². The summed E-state index contributed by atoms with van der Waals surface area (Å²) in [6.45, 7) is 8.72. The first kappa shape index (κ1) is 29.2. The number of nitrogens with zero attached hydrogens (tertiary/aromatic N) is 2. The summed E-state index contributed by atoms with van der Waals surface area (Å²) in [5.74, 6) is -0.414. The molecule has 3 N–H and O–H groups in total. The van der Waals surface area contributed by atoms with Gasteiger partial charge in [0.05, 0.1) is 12.3 Å². The number of allylic oxidation sites excluding steroid dienone is 1. The third-order valence-electron chi connectivity index (χ3n) is 7.95. The molecule has 0 spiro atoms. The molecule has 4 aromatic rings. The van der Waals surface area contributed by atoms with Gasteiger partial charge in [0.15, 0.2) is 0 Å². The second-order valence-electron chi connectivity index (χ2n) is 10.9. The third kappa shape index (κ3) is 5.72. The van der Waals surface area contributed by atoms with E-state index in [-0.39, 0.29) is 18.1 Å². The van der Waals surface area contributed by atoms with Crippen LogP contribution in [0.2, 0.25) is 5.02 Å². The van der Waals surface area contributed by atoms with Crippen LogP contribution in [0.5, 0.6) is 5.75 Å². The minimum atomic E-state index is -1.04. The standard InChI is InChI=1S/C33H35ClN4O4/c1-18-12-23(13-19(2)31(18)34)42-11-7-10-25-24-8-6-9-26(30-20(3)37-38(5)21(30)4)27(24)15-28(25)32(39)36-17-22-14-29(33(40)41)35-16-22/h6,8-9,12-14,16,35H,7,10-11,15,17H2,1-5H3,(H,36,39)(H,40,41). The van der Waals surface area contributed by atoms with Crippen LogP contribution in [-0.2, 0) is 24.8 Å². The number of aromatic carboxylic acids is 1. The molecular formula is C33H35ClN4O4. The topological polar surface area (TPSA) is 109 Å². The van der Waals surface area contributed by atoms with Crippen molar-refractivity contribution in [1.29, 1.82) is 0 Å². The van der Waals surface area contributed by atoms with Crippen molar-refractivity contribution < 1.29 is 19.4 Å². The Kier molecular flexibility index (Phi) is 8.27. The summed E-state index contributed by atoms with van der Waals surface area (Å²) < 4.78 is 7.97. The molecular weight excluding hydrogens is 552 g/mol. The van der Waals surface area contributed by atoms with Crippen LogP contribution in [-0.4, -0.2) is 38.4 Å². The van der Waals surface area contributed by atoms with Crippen molar-refractivity contribution in [3.63, 3.8) is 0 Å². The van der Waals surface area contributed by atoms with Crippen LogP contribution in [0, 0.1) is 27.7 Å². The van der Waals surface area contributed by atoms with Crippen molar-refractivity contribution in [2.24, 2.45) is 7.05 Å². The summed E-state index contributed by atoms with van der Waals surface area (Å²) in [7, 11) is 1.94. The molecule has 0 atom stereocenters. The molecule has 1 amide bonds. The van der Waals surface area contributed by atoms with Gasteiger partial charge in [0.2, 0.25) is 5.91 Å². The lowest BCUT2D eigenvalue weighted by atomic mass is 9.93. The third-order valence-corrected chi connectivity index (χ3v) is 8.54. The molecule has 0 saturated heterocycles. The van der Waals surface area contributed by atoms with Crippen LogP contribution in [0.4, 0.5) is 0 Å². The van der Waals surface area contributed by atoms with Crippen molar-refractivity contribution >= 4 is 29.1 Å². The average molecular weight is 587 g/mol. The fraction of sp³-hybridized carbons (Fsp3) is 0.303. The van der Waals surface area contributed by atoms with E-state index < -0.39 is 5.97 Å². The van der Waals surface area contributed by atoms with Crippen molar-refractivity contribution in [3.8, 4) is 16.9 Å². The predicted molar refractivity (Wildman–Crippen MR) is 164 cm³/mol. The van der Waals surface area contributed by atoms with Gasteiger partial charge >= 0.3 is 5.97 Å². The Morgan fingerprint density at radius 3 is 2.48 bits per heavy atom. The molecule has 5 rings (SSSR count). The van der Waals surface area contributed by atoms with E-state index in [0.717, 1.165) is 73.1 Å². The Morgan fingerprint density at radius 2 is 1.83 bits per heavy atom. The summed E-state index contributed by atoms with van der Waals surface area (Å²) in [4.78, 5) is 27.6. The molecule has 2 aromatic heterocycles. The lowest BCUT2D eigenvalue weighted by molar-refractivity contribution is -0.117. The molecule has 42 heavy (non-hydrogen) atoms. The maximum absolute atomic E-state index is 13.6. The van der Waals surface area contributed by atoms with Crippen molar-refractivity contribution in [1.82, 2.24) is 20.1 Å². The largest absolute Gasteiger partial charge is 0.494 e. The smallest absolute Gasteiger partial charge is 0.352 e. The Labute approximate surface area is 250 Å². The molecule has 0 bridgehead atoms. The SMILES string of the molecule is Cc1cc(OCCCC2=C(C(=O)NCc3c[nH]c(C(=O)O)c3)Cc3c2cccc3-c2c(C)nn(C)c2C)cc(C)c1Cl. The first-order chi connectivity index (χ1) is 20.0. The number of hydrogen-bond donors (Lipinski definition) is 3. The van der Waals surface area contributed by atoms with Gasteiger partial charge in [-0.15, -0.1) is 0 Å². The second-order valence-corrected chi connectivity index (χ2v) is 11.2. The summed E-state index contributed by atoms with van der Waals surface area (Å²) in [5.41, 5.74) is 10.9. The van der Waals surface area contributed by atoms with Gasteiger partial charge in [-0.05, 0) is 97.7 Å². The normalized spacial score (nSPS) is 12.5. The highest BCUT2D eigenvalue weighted by Gasteiger charge is 2.29. The fourth-order valence-electron chi connectivity index (χ4n) is 5.79. The van der Waals surface area contributed by atoms with Gasteiger partial charge in [-0.3, -0.25) is 9.48 Å². The number of H-pyrrole nitrogens is 1. The number of benzene rings is 2. The van der Waals surface area contributed by atoms with Gasteiger partial charge in [-0.1, -0.05) is 29.8 Å². The van der Waals surface area contributed by atoms with Crippen LogP contribution in [0.3, 0.4) is 0 Å². The Hall–Kier alpha value is -4.30. The molecule has 9 heteroatoms. The summed E-state index contributed by atoms with van der Waals surface area (Å²) in [6, 6.07) is 11.7. The monoisotopic (exact) mass is 586 g/mol. The van der Waals surface area contributed by atoms with Crippen molar-refractivity contribution in [3.05, 3.63) is 98.1 Å². The van der Waals surface area contributed by atoms with E-state index in [2.05, 4.69) is 34.5 Å². The number of carboxylic acids is 1. The Balaban J connectivity index is 1.40. The van der Waals surface area contributed by atoms with Crippen molar-refractivity contribution in [2.75, 3.05) is 6.61 Å². The molecule has 2 aromatic carbocycles. The second kappa shape index (κ2) is 11.9. The van der Waals surface area contributed by atoms with Crippen LogP contribution in [0.1, 0.15) is 62.5 Å². The lowest BCUT2D eigenvalue weighted by Crippen LogP contribution is -2.25. The van der Waals surface area contributed by atoms with E-state index in [1.807, 2.05) is 50.7 Å². The number of rotatable bonds is 10. The number of aryl methyl sites for hydroxylation is 4. The highest BCUT2D eigenvalue weighted by molar-refractivity contribution is 6.32. The van der Waals surface area contributed by atoms with Gasteiger partial charge in [-0.2, -0.15) is 5.10 Å². The number of carbonyl (C=O) groups excluding carboxylic acids is 1. The molecule has 8 nitrogen and oxygen atoms in total. The average Bonchev–Trinajstić information content (AvgIpc) is 3.64. The number of ether oxygens (including phenoxy) is 1. The van der Waals surface area contributed by atoms with Crippen LogP contribution < -0.4 is 10.1 Å².